The van der Waals surface area contributed by atoms with Gasteiger partial charge in [-0.2, -0.15) is 0 Å². The third kappa shape index (κ3) is 5.08. The van der Waals surface area contributed by atoms with Crippen LogP contribution in [0.15, 0.2) is 30.3 Å². The fourth-order valence-corrected chi connectivity index (χ4v) is 3.46. The molecule has 2 atom stereocenters. The van der Waals surface area contributed by atoms with Gasteiger partial charge in [-0.3, -0.25) is 9.32 Å². The standard InChI is InChI=1S/C14H20NO4PS/c1-12-7-5-6-10-15(12)14(16)11-18-20(17,21)19-13-8-3-2-4-9-13/h2-4,8-9,12H,5-7,10-11H2,1H3,(H,17,21). The molecule has 1 aromatic rings. The Morgan fingerprint density at radius 1 is 1.43 bits per heavy atom. The third-order valence-electron chi connectivity index (χ3n) is 3.44. The van der Waals surface area contributed by atoms with Crippen molar-refractivity contribution in [2.45, 2.75) is 32.2 Å². The predicted molar refractivity (Wildman–Crippen MR) is 84.6 cm³/mol. The summed E-state index contributed by atoms with van der Waals surface area (Å²) in [6.45, 7) is -0.945. The van der Waals surface area contributed by atoms with Gasteiger partial charge in [-0.05, 0) is 38.3 Å². The summed E-state index contributed by atoms with van der Waals surface area (Å²) in [5.74, 6) is 0.282. The maximum absolute atomic E-state index is 12.1. The van der Waals surface area contributed by atoms with Gasteiger partial charge < -0.3 is 14.3 Å². The molecule has 0 saturated carbocycles. The first-order valence-corrected chi connectivity index (χ1v) is 9.58. The lowest BCUT2D eigenvalue weighted by molar-refractivity contribution is -0.136. The number of likely N-dealkylation sites (tertiary alicyclic amines) is 1. The number of benzene rings is 1. The van der Waals surface area contributed by atoms with E-state index < -0.39 is 6.72 Å². The van der Waals surface area contributed by atoms with Gasteiger partial charge in [0.05, 0.1) is 0 Å². The number of carbonyl (C=O) groups excluding carboxylic acids is 1. The van der Waals surface area contributed by atoms with Crippen molar-refractivity contribution in [3.63, 3.8) is 0 Å². The Kier molecular flexibility index (Phi) is 5.76. The Morgan fingerprint density at radius 3 is 2.81 bits per heavy atom. The summed E-state index contributed by atoms with van der Waals surface area (Å²) < 4.78 is 10.4. The van der Waals surface area contributed by atoms with Gasteiger partial charge >= 0.3 is 6.72 Å². The Hall–Kier alpha value is -0.940. The first-order valence-electron chi connectivity index (χ1n) is 6.99. The summed E-state index contributed by atoms with van der Waals surface area (Å²) >= 11 is 4.93. The Labute approximate surface area is 130 Å². The summed E-state index contributed by atoms with van der Waals surface area (Å²) in [5, 5.41) is 0. The largest absolute Gasteiger partial charge is 0.424 e. The molecule has 1 aliphatic heterocycles. The van der Waals surface area contributed by atoms with E-state index in [-0.39, 0.29) is 18.6 Å². The molecule has 1 fully saturated rings. The fraction of sp³-hybridized carbons (Fsp3) is 0.500. The van der Waals surface area contributed by atoms with Crippen LogP contribution < -0.4 is 4.52 Å². The highest BCUT2D eigenvalue weighted by Crippen LogP contribution is 2.44. The average molecular weight is 329 g/mol. The van der Waals surface area contributed by atoms with Gasteiger partial charge in [0.25, 0.3) is 0 Å². The first-order chi connectivity index (χ1) is 9.98. The number of amides is 1. The summed E-state index contributed by atoms with van der Waals surface area (Å²) in [6.07, 6.45) is 3.14. The summed E-state index contributed by atoms with van der Waals surface area (Å²) in [6, 6.07) is 8.93. The highest BCUT2D eigenvalue weighted by Gasteiger charge is 2.26. The molecule has 1 N–H and O–H groups in total. The van der Waals surface area contributed by atoms with E-state index in [1.165, 1.54) is 0 Å². The summed E-state index contributed by atoms with van der Waals surface area (Å²) in [4.78, 5) is 23.9. The molecule has 0 aliphatic carbocycles. The molecule has 7 heteroatoms. The van der Waals surface area contributed by atoms with E-state index in [0.29, 0.717) is 5.75 Å². The van der Waals surface area contributed by atoms with E-state index in [0.717, 1.165) is 25.8 Å². The molecule has 2 rings (SSSR count). The van der Waals surface area contributed by atoms with Crippen LogP contribution in [-0.2, 0) is 21.1 Å². The lowest BCUT2D eigenvalue weighted by Gasteiger charge is -2.33. The molecule has 0 bridgehead atoms. The smallest absolute Gasteiger partial charge is 0.378 e. The van der Waals surface area contributed by atoms with Crippen LogP contribution in [0.1, 0.15) is 26.2 Å². The lowest BCUT2D eigenvalue weighted by atomic mass is 10.0. The second kappa shape index (κ2) is 7.36. The molecule has 1 aromatic carbocycles. The summed E-state index contributed by atoms with van der Waals surface area (Å²) in [7, 11) is 0. The van der Waals surface area contributed by atoms with Crippen molar-refractivity contribution in [1.29, 1.82) is 0 Å². The molecule has 1 saturated heterocycles. The van der Waals surface area contributed by atoms with E-state index in [4.69, 9.17) is 20.9 Å². The van der Waals surface area contributed by atoms with E-state index in [1.54, 1.807) is 29.2 Å². The van der Waals surface area contributed by atoms with Crippen molar-refractivity contribution in [2.24, 2.45) is 0 Å². The maximum Gasteiger partial charge on any atom is 0.378 e. The van der Waals surface area contributed by atoms with E-state index in [1.807, 2.05) is 13.0 Å². The van der Waals surface area contributed by atoms with Crippen molar-refractivity contribution >= 4 is 24.4 Å². The molecule has 21 heavy (non-hydrogen) atoms. The molecule has 1 amide bonds. The van der Waals surface area contributed by atoms with Gasteiger partial charge in [-0.15, -0.1) is 0 Å². The molecule has 0 aromatic heterocycles. The second-order valence-electron chi connectivity index (χ2n) is 5.08. The van der Waals surface area contributed by atoms with Crippen molar-refractivity contribution < 1.29 is 18.7 Å². The number of rotatable bonds is 5. The van der Waals surface area contributed by atoms with E-state index in [9.17, 15) is 9.69 Å². The number of para-hydroxylation sites is 1. The second-order valence-corrected chi connectivity index (χ2v) is 7.84. The SMILES string of the molecule is CC1CCCCN1C(=O)COP(O)(=S)Oc1ccccc1. The van der Waals surface area contributed by atoms with Crippen molar-refractivity contribution in [3.8, 4) is 5.75 Å². The Bertz CT molecular complexity index is 525. The minimum atomic E-state index is -3.45. The fourth-order valence-electron chi connectivity index (χ4n) is 2.33. The van der Waals surface area contributed by atoms with Crippen molar-refractivity contribution in [2.75, 3.05) is 13.2 Å². The van der Waals surface area contributed by atoms with E-state index >= 15 is 0 Å². The molecular weight excluding hydrogens is 309 g/mol. The quantitative estimate of drug-likeness (QED) is 0.842. The zero-order chi connectivity index (χ0) is 15.3. The maximum atomic E-state index is 12.1. The number of hydrogen-bond acceptors (Lipinski definition) is 4. The van der Waals surface area contributed by atoms with Gasteiger partial charge in [0.2, 0.25) is 5.91 Å². The van der Waals surface area contributed by atoms with Crippen LogP contribution in [0.5, 0.6) is 5.75 Å². The number of piperidine rings is 1. The lowest BCUT2D eigenvalue weighted by Crippen LogP contribution is -2.43. The highest BCUT2D eigenvalue weighted by atomic mass is 32.5. The zero-order valence-corrected chi connectivity index (χ0v) is 13.7. The summed E-state index contributed by atoms with van der Waals surface area (Å²) in [5.41, 5.74) is 0. The minimum Gasteiger partial charge on any atom is -0.424 e. The average Bonchev–Trinajstić information content (AvgIpc) is 2.46. The van der Waals surface area contributed by atoms with Crippen LogP contribution >= 0.6 is 6.72 Å². The number of hydrogen-bond donors (Lipinski definition) is 1. The molecule has 0 radical (unpaired) electrons. The van der Waals surface area contributed by atoms with Gasteiger partial charge in [-0.1, -0.05) is 18.2 Å². The molecule has 1 aliphatic rings. The monoisotopic (exact) mass is 329 g/mol. The predicted octanol–water partition coefficient (Wildman–Crippen LogP) is 2.70. The van der Waals surface area contributed by atoms with Crippen LogP contribution in [0, 0.1) is 0 Å². The van der Waals surface area contributed by atoms with E-state index in [2.05, 4.69) is 0 Å². The normalized spacial score (nSPS) is 21.6. The molecule has 116 valence electrons. The van der Waals surface area contributed by atoms with Gasteiger partial charge in [-0.25, -0.2) is 0 Å². The molecule has 5 nitrogen and oxygen atoms in total. The topological polar surface area (TPSA) is 59.0 Å². The van der Waals surface area contributed by atoms with Crippen LogP contribution in [0.4, 0.5) is 0 Å². The number of nitrogens with zero attached hydrogens (tertiary/aromatic N) is 1. The van der Waals surface area contributed by atoms with Gasteiger partial charge in [0.15, 0.2) is 0 Å². The number of carbonyl (C=O) groups is 1. The van der Waals surface area contributed by atoms with Crippen molar-refractivity contribution in [3.05, 3.63) is 30.3 Å². The van der Waals surface area contributed by atoms with Crippen LogP contribution in [-0.4, -0.2) is 34.9 Å². The Morgan fingerprint density at radius 2 is 2.14 bits per heavy atom. The first kappa shape index (κ1) is 16.4. The molecule has 1 heterocycles. The van der Waals surface area contributed by atoms with Crippen LogP contribution in [0.3, 0.4) is 0 Å². The van der Waals surface area contributed by atoms with Crippen LogP contribution in [0.2, 0.25) is 0 Å². The van der Waals surface area contributed by atoms with Gasteiger partial charge in [0.1, 0.15) is 12.4 Å². The molecule has 2 unspecified atom stereocenters. The highest BCUT2D eigenvalue weighted by molar-refractivity contribution is 8.07. The minimum absolute atomic E-state index is 0.151. The molecular formula is C14H20NO4PS. The third-order valence-corrected chi connectivity index (χ3v) is 4.88. The van der Waals surface area contributed by atoms with Crippen molar-refractivity contribution in [1.82, 2.24) is 4.90 Å². The zero-order valence-electron chi connectivity index (χ0n) is 12.0. The van der Waals surface area contributed by atoms with Crippen LogP contribution in [0.25, 0.3) is 0 Å². The molecule has 0 spiro atoms. The van der Waals surface area contributed by atoms with Gasteiger partial charge in [0, 0.05) is 24.4 Å². The Balaban J connectivity index is 1.86.